The Morgan fingerprint density at radius 2 is 1.58 bits per heavy atom. The number of carbonyl (C=O) groups is 5. The molecule has 7 saturated heterocycles. The molecule has 0 bridgehead atoms. The fraction of sp³-hybridized carbons (Fsp3) is 0.744. The number of amides is 6. The zero-order valence-corrected chi connectivity index (χ0v) is 35.7. The number of piperidine rings is 5. The molecule has 1 aromatic rings. The number of hydrogen-bond acceptors (Lipinski definition) is 12. The van der Waals surface area contributed by atoms with Gasteiger partial charge in [0.05, 0.1) is 12.2 Å². The monoisotopic (exact) mass is 833 g/mol. The maximum atomic E-state index is 13.1. The Balaban J connectivity index is 0.751. The summed E-state index contributed by atoms with van der Waals surface area (Å²) < 4.78 is 0. The second kappa shape index (κ2) is 19.0. The summed E-state index contributed by atoms with van der Waals surface area (Å²) in [5, 5.41) is 15.9. The lowest BCUT2D eigenvalue weighted by Gasteiger charge is -2.46. The van der Waals surface area contributed by atoms with Crippen LogP contribution < -0.4 is 32.3 Å². The van der Waals surface area contributed by atoms with Crippen molar-refractivity contribution in [3.63, 3.8) is 0 Å². The highest BCUT2D eigenvalue weighted by Gasteiger charge is 2.41. The van der Waals surface area contributed by atoms with E-state index in [2.05, 4.69) is 70.4 Å². The van der Waals surface area contributed by atoms with Gasteiger partial charge < -0.3 is 36.4 Å². The third-order valence-corrected chi connectivity index (χ3v) is 14.7. The van der Waals surface area contributed by atoms with Crippen LogP contribution in [0.4, 0.5) is 10.5 Å². The van der Waals surface area contributed by atoms with E-state index in [1.807, 2.05) is 19.0 Å². The number of piperazine rings is 1. The predicted octanol–water partition coefficient (Wildman–Crippen LogP) is -0.0952. The first-order valence-electron chi connectivity index (χ1n) is 22.7. The van der Waals surface area contributed by atoms with Gasteiger partial charge in [0.1, 0.15) is 18.2 Å². The Bertz CT molecular complexity index is 1700. The van der Waals surface area contributed by atoms with E-state index in [1.165, 1.54) is 18.4 Å². The highest BCUT2D eigenvalue weighted by molar-refractivity contribution is 6.02. The first-order valence-corrected chi connectivity index (χ1v) is 22.7. The molecule has 5 unspecified atom stereocenters. The number of imide groups is 1. The lowest BCUT2D eigenvalue weighted by Crippen LogP contribution is -2.71. The molecule has 7 aliphatic rings. The second-order valence-electron chi connectivity index (χ2n) is 18.7. The molecule has 0 aromatic heterocycles. The van der Waals surface area contributed by atoms with Crippen molar-refractivity contribution in [2.75, 3.05) is 91.4 Å². The van der Waals surface area contributed by atoms with Crippen LogP contribution in [0.25, 0.3) is 0 Å². The van der Waals surface area contributed by atoms with Crippen LogP contribution in [0.5, 0.6) is 0 Å². The molecule has 60 heavy (non-hydrogen) atoms. The lowest BCUT2D eigenvalue weighted by molar-refractivity contribution is -0.139. The molecule has 8 rings (SSSR count). The van der Waals surface area contributed by atoms with E-state index in [-0.39, 0.29) is 48.7 Å². The van der Waals surface area contributed by atoms with E-state index in [9.17, 15) is 24.0 Å². The highest BCUT2D eigenvalue weighted by Crippen LogP contribution is 2.32. The molecule has 6 amide bonds. The van der Waals surface area contributed by atoms with Gasteiger partial charge in [-0.1, -0.05) is 12.1 Å². The summed E-state index contributed by atoms with van der Waals surface area (Å²) in [6, 6.07) is 8.06. The minimum atomic E-state index is -0.629. The predicted molar refractivity (Wildman–Crippen MR) is 228 cm³/mol. The van der Waals surface area contributed by atoms with Crippen molar-refractivity contribution in [1.82, 2.24) is 50.7 Å². The molecule has 0 spiro atoms. The fourth-order valence-electron chi connectivity index (χ4n) is 11.1. The van der Waals surface area contributed by atoms with Gasteiger partial charge in [0.2, 0.25) is 23.6 Å². The Kier molecular flexibility index (Phi) is 13.6. The van der Waals surface area contributed by atoms with E-state index in [4.69, 9.17) is 5.73 Å². The molecule has 0 radical (unpaired) electrons. The Morgan fingerprint density at radius 3 is 2.27 bits per heavy atom. The fourth-order valence-corrected chi connectivity index (χ4v) is 11.1. The quantitative estimate of drug-likeness (QED) is 0.163. The van der Waals surface area contributed by atoms with Crippen molar-refractivity contribution in [3.8, 4) is 0 Å². The van der Waals surface area contributed by atoms with Crippen LogP contribution in [0.3, 0.4) is 0 Å². The van der Waals surface area contributed by atoms with Gasteiger partial charge in [-0.25, -0.2) is 4.79 Å². The first kappa shape index (κ1) is 42.8. The number of nitrogens with one attached hydrogen (secondary N) is 5. The van der Waals surface area contributed by atoms with Crippen LogP contribution in [-0.4, -0.2) is 188 Å². The first-order chi connectivity index (χ1) is 29.0. The highest BCUT2D eigenvalue weighted by atomic mass is 16.2. The molecule has 7 aliphatic heterocycles. The molecule has 17 heteroatoms. The maximum absolute atomic E-state index is 13.1. The molecule has 17 nitrogen and oxygen atoms in total. The normalized spacial score (nSPS) is 32.6. The SMILES string of the molecule is CN1CCN([C@@H]2CCCN(C3CNC(C(N)=O)C(Nc4ccc(C5CCN(CC6CCN(C7CCC(C(=O)N[C@H]8CCC(=O)NC8=O)N(C)C7)CC6)CC5)cc4)N3)C2)C1=O. The number of likely N-dealkylation sites (tertiary alicyclic amines) is 4. The molecule has 7 N–H and O–H groups in total. The van der Waals surface area contributed by atoms with Gasteiger partial charge in [0.25, 0.3) is 0 Å². The summed E-state index contributed by atoms with van der Waals surface area (Å²) in [6.07, 6.45) is 8.73. The van der Waals surface area contributed by atoms with Crippen molar-refractivity contribution in [2.24, 2.45) is 11.7 Å². The molecule has 0 saturated carbocycles. The summed E-state index contributed by atoms with van der Waals surface area (Å²) in [5.41, 5.74) is 8.18. The van der Waals surface area contributed by atoms with Gasteiger partial charge in [0.15, 0.2) is 0 Å². The number of rotatable bonds is 11. The molecule has 330 valence electrons. The second-order valence-corrected chi connectivity index (χ2v) is 18.7. The number of nitrogens with two attached hydrogens (primary N) is 1. The number of primary amides is 1. The Morgan fingerprint density at radius 1 is 0.817 bits per heavy atom. The van der Waals surface area contributed by atoms with Crippen LogP contribution in [0, 0.1) is 5.92 Å². The summed E-state index contributed by atoms with van der Waals surface area (Å²) in [5.74, 6) is 0.0487. The molecule has 7 heterocycles. The van der Waals surface area contributed by atoms with Gasteiger partial charge in [-0.2, -0.15) is 0 Å². The smallest absolute Gasteiger partial charge is 0.320 e. The van der Waals surface area contributed by atoms with E-state index < -0.39 is 23.9 Å². The number of nitrogens with zero attached hydrogens (tertiary/aromatic N) is 6. The number of carbonyl (C=O) groups excluding carboxylic acids is 5. The van der Waals surface area contributed by atoms with Gasteiger partial charge in [-0.15, -0.1) is 0 Å². The summed E-state index contributed by atoms with van der Waals surface area (Å²) >= 11 is 0. The van der Waals surface area contributed by atoms with E-state index in [0.717, 1.165) is 110 Å². The molecular weight excluding hydrogens is 765 g/mol. The Labute approximate surface area is 354 Å². The third-order valence-electron chi connectivity index (χ3n) is 14.7. The number of hydrogen-bond donors (Lipinski definition) is 6. The summed E-state index contributed by atoms with van der Waals surface area (Å²) in [6.45, 7) is 10.3. The lowest BCUT2D eigenvalue weighted by atomic mass is 9.87. The van der Waals surface area contributed by atoms with Crippen molar-refractivity contribution >= 4 is 35.3 Å². The largest absolute Gasteiger partial charge is 0.368 e. The number of likely N-dealkylation sites (N-methyl/N-ethyl adjacent to an activating group) is 2. The van der Waals surface area contributed by atoms with Crippen LogP contribution in [0.2, 0.25) is 0 Å². The molecule has 7 fully saturated rings. The average Bonchev–Trinajstić information content (AvgIpc) is 3.59. The zero-order chi connectivity index (χ0) is 41.9. The molecule has 0 aliphatic carbocycles. The summed E-state index contributed by atoms with van der Waals surface area (Å²) in [4.78, 5) is 75.6. The van der Waals surface area contributed by atoms with Crippen LogP contribution in [0.1, 0.15) is 75.7 Å². The van der Waals surface area contributed by atoms with Gasteiger partial charge in [-0.05, 0) is 127 Å². The van der Waals surface area contributed by atoms with E-state index >= 15 is 0 Å². The number of benzene rings is 1. The zero-order valence-electron chi connectivity index (χ0n) is 35.7. The third kappa shape index (κ3) is 9.92. The molecule has 1 aromatic carbocycles. The minimum Gasteiger partial charge on any atom is -0.368 e. The van der Waals surface area contributed by atoms with Crippen LogP contribution >= 0.6 is 0 Å². The van der Waals surface area contributed by atoms with E-state index in [1.54, 1.807) is 4.90 Å². The molecular formula is C43H68N12O5. The van der Waals surface area contributed by atoms with Crippen molar-refractivity contribution in [1.29, 1.82) is 0 Å². The standard InChI is InChI=1S/C43H68N12O5/c1-50-22-23-55(43(50)60)33-4-3-17-54(27-33)36-24-45-38(39(44)57)40(48-36)46-31-7-5-29(6-8-31)30-15-18-52(19-16-30)25-28-13-20-53(21-14-28)32-9-11-35(51(2)26-32)42(59)47-34-10-12-37(56)49-41(34)58/h5-8,28,30,32-36,38,40,45-46,48H,3-4,9-27H2,1-2H3,(H2,44,57)(H,47,59)(H,49,56,58)/t32?,33-,34+,35?,36?,38?,40?/m1/s1. The number of anilines is 1. The van der Waals surface area contributed by atoms with Crippen LogP contribution in [0.15, 0.2) is 24.3 Å². The van der Waals surface area contributed by atoms with Crippen LogP contribution in [-0.2, 0) is 19.2 Å². The van der Waals surface area contributed by atoms with Gasteiger partial charge in [0, 0.05) is 70.5 Å². The van der Waals surface area contributed by atoms with Crippen molar-refractivity contribution in [3.05, 3.63) is 29.8 Å². The molecule has 7 atom stereocenters. The Hall–Kier alpha value is -3.87. The van der Waals surface area contributed by atoms with Gasteiger partial charge >= 0.3 is 6.03 Å². The van der Waals surface area contributed by atoms with E-state index in [0.29, 0.717) is 30.8 Å². The van der Waals surface area contributed by atoms with Crippen molar-refractivity contribution in [2.45, 2.75) is 113 Å². The minimum absolute atomic E-state index is 0.0117. The number of urea groups is 1. The maximum Gasteiger partial charge on any atom is 0.320 e. The topological polar surface area (TPSA) is 191 Å². The summed E-state index contributed by atoms with van der Waals surface area (Å²) in [7, 11) is 3.88. The van der Waals surface area contributed by atoms with Gasteiger partial charge in [-0.3, -0.25) is 44.5 Å². The average molecular weight is 833 g/mol. The van der Waals surface area contributed by atoms with Crippen molar-refractivity contribution < 1.29 is 24.0 Å².